The van der Waals surface area contributed by atoms with Gasteiger partial charge in [-0.3, -0.25) is 4.39 Å². The molecule has 1 N–H and O–H groups in total. The minimum Gasteiger partial charge on any atom is -0.313 e. The van der Waals surface area contributed by atoms with Gasteiger partial charge in [0.25, 0.3) is 0 Å². The van der Waals surface area contributed by atoms with Crippen LogP contribution in [0.3, 0.4) is 0 Å². The van der Waals surface area contributed by atoms with Gasteiger partial charge >= 0.3 is 0 Å². The second-order valence-electron chi connectivity index (χ2n) is 3.47. The number of halogens is 1. The standard InChI is InChI=1S/C12H18FNS/c1-10(14-2)11-5-3-6-12(9-11)15-8-4-7-13/h3,5-6,9-10,14H,4,7-8H2,1-2H3. The zero-order valence-electron chi connectivity index (χ0n) is 9.29. The molecule has 84 valence electrons. The molecule has 0 aliphatic rings. The maximum absolute atomic E-state index is 11.9. The van der Waals surface area contributed by atoms with Crippen molar-refractivity contribution in [2.24, 2.45) is 0 Å². The molecule has 1 rings (SSSR count). The highest BCUT2D eigenvalue weighted by molar-refractivity contribution is 7.99. The van der Waals surface area contributed by atoms with Gasteiger partial charge < -0.3 is 5.32 Å². The molecule has 0 aromatic heterocycles. The first kappa shape index (κ1) is 12.5. The first-order chi connectivity index (χ1) is 7.27. The average Bonchev–Trinajstić information content (AvgIpc) is 2.29. The fourth-order valence-corrected chi connectivity index (χ4v) is 2.17. The van der Waals surface area contributed by atoms with Gasteiger partial charge in [0, 0.05) is 16.7 Å². The highest BCUT2D eigenvalue weighted by Crippen LogP contribution is 2.22. The Bertz CT molecular complexity index is 291. The molecule has 1 aromatic rings. The number of rotatable bonds is 6. The van der Waals surface area contributed by atoms with Crippen molar-refractivity contribution in [1.29, 1.82) is 0 Å². The van der Waals surface area contributed by atoms with E-state index in [0.29, 0.717) is 12.5 Å². The zero-order chi connectivity index (χ0) is 11.1. The number of nitrogens with one attached hydrogen (secondary N) is 1. The maximum atomic E-state index is 11.9. The second-order valence-corrected chi connectivity index (χ2v) is 4.64. The van der Waals surface area contributed by atoms with Crippen LogP contribution >= 0.6 is 11.8 Å². The Labute approximate surface area is 95.5 Å². The molecule has 0 bridgehead atoms. The summed E-state index contributed by atoms with van der Waals surface area (Å²) in [6.45, 7) is 1.91. The minimum absolute atomic E-state index is 0.223. The summed E-state index contributed by atoms with van der Waals surface area (Å²) in [5.41, 5.74) is 1.28. The van der Waals surface area contributed by atoms with Crippen LogP contribution in [0, 0.1) is 0 Å². The lowest BCUT2D eigenvalue weighted by Gasteiger charge is -2.11. The molecule has 1 aromatic carbocycles. The van der Waals surface area contributed by atoms with Crippen molar-refractivity contribution in [1.82, 2.24) is 5.32 Å². The summed E-state index contributed by atoms with van der Waals surface area (Å²) in [5.74, 6) is 0.855. The minimum atomic E-state index is -0.223. The van der Waals surface area contributed by atoms with E-state index in [9.17, 15) is 4.39 Å². The lowest BCUT2D eigenvalue weighted by Crippen LogP contribution is -2.11. The van der Waals surface area contributed by atoms with Crippen molar-refractivity contribution in [2.45, 2.75) is 24.3 Å². The van der Waals surface area contributed by atoms with Crippen LogP contribution < -0.4 is 5.32 Å². The van der Waals surface area contributed by atoms with Crippen LogP contribution in [0.1, 0.15) is 24.9 Å². The molecule has 0 spiro atoms. The molecule has 1 atom stereocenters. The molecule has 0 aliphatic carbocycles. The van der Waals surface area contributed by atoms with Crippen LogP contribution in [0.25, 0.3) is 0 Å². The van der Waals surface area contributed by atoms with Gasteiger partial charge in [-0.05, 0) is 38.1 Å². The molecule has 15 heavy (non-hydrogen) atoms. The molecule has 1 unspecified atom stereocenters. The van der Waals surface area contributed by atoms with Gasteiger partial charge in [-0.15, -0.1) is 11.8 Å². The maximum Gasteiger partial charge on any atom is 0.0902 e. The van der Waals surface area contributed by atoms with Crippen LogP contribution in [0.4, 0.5) is 4.39 Å². The Hall–Kier alpha value is -0.540. The molecular formula is C12H18FNS. The Morgan fingerprint density at radius 2 is 2.27 bits per heavy atom. The number of alkyl halides is 1. The normalized spacial score (nSPS) is 12.7. The molecule has 0 radical (unpaired) electrons. The highest BCUT2D eigenvalue weighted by atomic mass is 32.2. The van der Waals surface area contributed by atoms with Crippen molar-refractivity contribution in [2.75, 3.05) is 19.5 Å². The quantitative estimate of drug-likeness (QED) is 0.590. The summed E-state index contributed by atoms with van der Waals surface area (Å²) in [5, 5.41) is 3.21. The summed E-state index contributed by atoms with van der Waals surface area (Å²) in [6.07, 6.45) is 0.635. The van der Waals surface area contributed by atoms with Crippen LogP contribution in [0.2, 0.25) is 0 Å². The van der Waals surface area contributed by atoms with E-state index in [0.717, 1.165) is 5.75 Å². The third kappa shape index (κ3) is 4.22. The molecule has 0 aliphatic heterocycles. The van der Waals surface area contributed by atoms with Gasteiger partial charge in [-0.2, -0.15) is 0 Å². The Kier molecular flexibility index (Phi) is 5.73. The second kappa shape index (κ2) is 6.85. The molecule has 0 amide bonds. The third-order valence-corrected chi connectivity index (χ3v) is 3.42. The van der Waals surface area contributed by atoms with Gasteiger partial charge in [-0.1, -0.05) is 12.1 Å². The number of hydrogen-bond acceptors (Lipinski definition) is 2. The van der Waals surface area contributed by atoms with E-state index in [1.54, 1.807) is 11.8 Å². The van der Waals surface area contributed by atoms with Crippen LogP contribution in [0.5, 0.6) is 0 Å². The summed E-state index contributed by atoms with van der Waals surface area (Å²) in [7, 11) is 1.95. The zero-order valence-corrected chi connectivity index (χ0v) is 10.1. The van der Waals surface area contributed by atoms with Crippen molar-refractivity contribution >= 4 is 11.8 Å². The van der Waals surface area contributed by atoms with Gasteiger partial charge in [-0.25, -0.2) is 0 Å². The van der Waals surface area contributed by atoms with Gasteiger partial charge in [0.15, 0.2) is 0 Å². The lowest BCUT2D eigenvalue weighted by molar-refractivity contribution is 0.489. The summed E-state index contributed by atoms with van der Waals surface area (Å²) in [4.78, 5) is 1.23. The van der Waals surface area contributed by atoms with E-state index in [2.05, 4.69) is 36.5 Å². The fourth-order valence-electron chi connectivity index (χ4n) is 1.28. The summed E-state index contributed by atoms with van der Waals surface area (Å²) in [6, 6.07) is 8.78. The average molecular weight is 227 g/mol. The largest absolute Gasteiger partial charge is 0.313 e. The smallest absolute Gasteiger partial charge is 0.0902 e. The van der Waals surface area contributed by atoms with Crippen LogP contribution in [0.15, 0.2) is 29.2 Å². The van der Waals surface area contributed by atoms with Crippen molar-refractivity contribution in [3.63, 3.8) is 0 Å². The highest BCUT2D eigenvalue weighted by Gasteiger charge is 2.02. The summed E-state index contributed by atoms with van der Waals surface area (Å²) < 4.78 is 11.9. The van der Waals surface area contributed by atoms with Crippen molar-refractivity contribution < 1.29 is 4.39 Å². The number of benzene rings is 1. The topological polar surface area (TPSA) is 12.0 Å². The predicted molar refractivity (Wildman–Crippen MR) is 65.2 cm³/mol. The van der Waals surface area contributed by atoms with Crippen molar-refractivity contribution in [3.8, 4) is 0 Å². The number of thioether (sulfide) groups is 1. The molecule has 0 saturated heterocycles. The Morgan fingerprint density at radius 1 is 1.47 bits per heavy atom. The van der Waals surface area contributed by atoms with E-state index in [1.807, 2.05) is 7.05 Å². The van der Waals surface area contributed by atoms with Gasteiger partial charge in [0.05, 0.1) is 6.67 Å². The molecule has 1 nitrogen and oxygen atoms in total. The molecule has 0 heterocycles. The lowest BCUT2D eigenvalue weighted by atomic mass is 10.1. The SMILES string of the molecule is CNC(C)c1cccc(SCCCF)c1. The van der Waals surface area contributed by atoms with Crippen molar-refractivity contribution in [3.05, 3.63) is 29.8 Å². The monoisotopic (exact) mass is 227 g/mol. The van der Waals surface area contributed by atoms with E-state index < -0.39 is 0 Å². The molecule has 0 saturated carbocycles. The molecule has 3 heteroatoms. The van der Waals surface area contributed by atoms with Gasteiger partial charge in [0.2, 0.25) is 0 Å². The fraction of sp³-hybridized carbons (Fsp3) is 0.500. The first-order valence-corrected chi connectivity index (χ1v) is 6.22. The molecular weight excluding hydrogens is 209 g/mol. The third-order valence-electron chi connectivity index (χ3n) is 2.34. The van der Waals surface area contributed by atoms with Gasteiger partial charge in [0.1, 0.15) is 0 Å². The first-order valence-electron chi connectivity index (χ1n) is 5.24. The van der Waals surface area contributed by atoms with E-state index in [4.69, 9.17) is 0 Å². The van der Waals surface area contributed by atoms with E-state index in [1.165, 1.54) is 10.5 Å². The van der Waals surface area contributed by atoms with Crippen LogP contribution in [-0.4, -0.2) is 19.5 Å². The van der Waals surface area contributed by atoms with E-state index >= 15 is 0 Å². The van der Waals surface area contributed by atoms with E-state index in [-0.39, 0.29) is 6.67 Å². The Morgan fingerprint density at radius 3 is 2.93 bits per heavy atom. The Balaban J connectivity index is 2.57. The van der Waals surface area contributed by atoms with Crippen LogP contribution in [-0.2, 0) is 0 Å². The summed E-state index contributed by atoms with van der Waals surface area (Å²) >= 11 is 1.72. The molecule has 0 fully saturated rings. The predicted octanol–water partition coefficient (Wildman–Crippen LogP) is 3.42. The number of hydrogen-bond donors (Lipinski definition) is 1.